The van der Waals surface area contributed by atoms with Gasteiger partial charge in [-0.05, 0) is 55.7 Å². The van der Waals surface area contributed by atoms with Crippen LogP contribution >= 0.6 is 0 Å². The smallest absolute Gasteiger partial charge is 0.220 e. The molecule has 0 bridgehead atoms. The van der Waals surface area contributed by atoms with Crippen molar-refractivity contribution in [1.29, 1.82) is 0 Å². The summed E-state index contributed by atoms with van der Waals surface area (Å²) in [6, 6.07) is 15.7. The average Bonchev–Trinajstić information content (AvgIpc) is 3.21. The summed E-state index contributed by atoms with van der Waals surface area (Å²) in [6.07, 6.45) is 3.86. The highest BCUT2D eigenvalue weighted by molar-refractivity contribution is 5.77. The molecule has 0 aliphatic carbocycles. The molecule has 1 aromatic heterocycles. The van der Waals surface area contributed by atoms with Gasteiger partial charge in [-0.25, -0.2) is 4.68 Å². The summed E-state index contributed by atoms with van der Waals surface area (Å²) in [5.41, 5.74) is 3.55. The van der Waals surface area contributed by atoms with Crippen LogP contribution in [0.3, 0.4) is 0 Å². The van der Waals surface area contributed by atoms with Crippen molar-refractivity contribution in [2.45, 2.75) is 39.2 Å². The molecule has 0 saturated heterocycles. The minimum absolute atomic E-state index is 0.0420. The largest absolute Gasteiger partial charge is 0.497 e. The molecule has 1 atom stereocenters. The number of hydrogen-bond acceptors (Lipinski definition) is 4. The number of amides is 1. The first-order chi connectivity index (χ1) is 14.5. The summed E-state index contributed by atoms with van der Waals surface area (Å²) in [5.74, 6) is 1.47. The SMILES string of the molecule is CCC(C)NC(=O)CCc1cn(-c2ccccc2)nc1-c1cc(OC)ccc1OC. The molecule has 0 radical (unpaired) electrons. The van der Waals surface area contributed by atoms with Crippen molar-refractivity contribution in [2.24, 2.45) is 0 Å². The molecular weight excluding hydrogens is 378 g/mol. The van der Waals surface area contributed by atoms with Gasteiger partial charge in [0.15, 0.2) is 0 Å². The molecule has 3 aromatic rings. The summed E-state index contributed by atoms with van der Waals surface area (Å²) < 4.78 is 12.8. The third-order valence-electron chi connectivity index (χ3n) is 5.11. The molecule has 6 heteroatoms. The number of benzene rings is 2. The third kappa shape index (κ3) is 5.00. The van der Waals surface area contributed by atoms with Gasteiger partial charge < -0.3 is 14.8 Å². The number of para-hydroxylation sites is 1. The lowest BCUT2D eigenvalue weighted by Gasteiger charge is -2.12. The van der Waals surface area contributed by atoms with E-state index in [1.807, 2.05) is 66.3 Å². The van der Waals surface area contributed by atoms with E-state index in [2.05, 4.69) is 12.2 Å². The number of nitrogens with zero attached hydrogens (tertiary/aromatic N) is 2. The Balaban J connectivity index is 1.99. The van der Waals surface area contributed by atoms with Gasteiger partial charge in [-0.15, -0.1) is 0 Å². The number of aromatic nitrogens is 2. The molecule has 1 amide bonds. The molecule has 0 fully saturated rings. The quantitative estimate of drug-likeness (QED) is 0.571. The molecule has 2 aromatic carbocycles. The van der Waals surface area contributed by atoms with E-state index in [1.165, 1.54) is 0 Å². The van der Waals surface area contributed by atoms with Crippen molar-refractivity contribution < 1.29 is 14.3 Å². The Morgan fingerprint density at radius 2 is 1.90 bits per heavy atom. The van der Waals surface area contributed by atoms with Gasteiger partial charge in [-0.2, -0.15) is 5.10 Å². The number of aryl methyl sites for hydroxylation is 1. The second-order valence-corrected chi connectivity index (χ2v) is 7.23. The molecule has 1 N–H and O–H groups in total. The summed E-state index contributed by atoms with van der Waals surface area (Å²) in [6.45, 7) is 4.07. The summed E-state index contributed by atoms with van der Waals surface area (Å²) in [4.78, 5) is 12.4. The van der Waals surface area contributed by atoms with Gasteiger partial charge in [-0.3, -0.25) is 4.79 Å². The second-order valence-electron chi connectivity index (χ2n) is 7.23. The van der Waals surface area contributed by atoms with Gasteiger partial charge in [0.05, 0.1) is 25.6 Å². The van der Waals surface area contributed by atoms with Gasteiger partial charge >= 0.3 is 0 Å². The molecule has 3 rings (SSSR count). The van der Waals surface area contributed by atoms with E-state index in [9.17, 15) is 4.79 Å². The van der Waals surface area contributed by atoms with E-state index in [0.29, 0.717) is 18.6 Å². The number of carbonyl (C=O) groups is 1. The van der Waals surface area contributed by atoms with E-state index in [1.54, 1.807) is 14.2 Å². The van der Waals surface area contributed by atoms with Gasteiger partial charge in [0, 0.05) is 24.2 Å². The maximum absolute atomic E-state index is 12.4. The van der Waals surface area contributed by atoms with Crippen LogP contribution in [-0.2, 0) is 11.2 Å². The Morgan fingerprint density at radius 1 is 1.13 bits per heavy atom. The van der Waals surface area contributed by atoms with Crippen LogP contribution in [0.4, 0.5) is 0 Å². The predicted molar refractivity (Wildman–Crippen MR) is 118 cm³/mol. The van der Waals surface area contributed by atoms with Crippen LogP contribution in [-0.4, -0.2) is 35.9 Å². The predicted octanol–water partition coefficient (Wildman–Crippen LogP) is 4.40. The van der Waals surface area contributed by atoms with Gasteiger partial charge in [0.25, 0.3) is 0 Å². The Labute approximate surface area is 177 Å². The fourth-order valence-electron chi connectivity index (χ4n) is 3.23. The maximum atomic E-state index is 12.4. The number of methoxy groups -OCH3 is 2. The number of rotatable bonds is 9. The summed E-state index contributed by atoms with van der Waals surface area (Å²) in [5, 5.41) is 7.87. The lowest BCUT2D eigenvalue weighted by molar-refractivity contribution is -0.121. The number of ether oxygens (including phenoxy) is 2. The molecule has 6 nitrogen and oxygen atoms in total. The fraction of sp³-hybridized carbons (Fsp3) is 0.333. The normalized spacial score (nSPS) is 11.7. The topological polar surface area (TPSA) is 65.4 Å². The van der Waals surface area contributed by atoms with Gasteiger partial charge in [0.1, 0.15) is 11.5 Å². The van der Waals surface area contributed by atoms with Crippen molar-refractivity contribution in [3.63, 3.8) is 0 Å². The van der Waals surface area contributed by atoms with E-state index < -0.39 is 0 Å². The van der Waals surface area contributed by atoms with E-state index in [0.717, 1.165) is 34.7 Å². The first-order valence-electron chi connectivity index (χ1n) is 10.2. The van der Waals surface area contributed by atoms with Crippen molar-refractivity contribution in [3.05, 3.63) is 60.3 Å². The van der Waals surface area contributed by atoms with E-state index in [4.69, 9.17) is 14.6 Å². The Hall–Kier alpha value is -3.28. The zero-order valence-electron chi connectivity index (χ0n) is 18.0. The molecule has 0 aliphatic rings. The zero-order chi connectivity index (χ0) is 21.5. The second kappa shape index (κ2) is 9.96. The highest BCUT2D eigenvalue weighted by Gasteiger charge is 2.18. The standard InChI is InChI=1S/C24H29N3O3/c1-5-17(2)25-23(28)14-11-18-16-27(19-9-7-6-8-10-19)26-24(18)21-15-20(29-3)12-13-22(21)30-4/h6-10,12-13,15-17H,5,11,14H2,1-4H3,(H,25,28). The Bertz CT molecular complexity index is 983. The minimum atomic E-state index is 0.0420. The maximum Gasteiger partial charge on any atom is 0.220 e. The van der Waals surface area contributed by atoms with Crippen molar-refractivity contribution in [1.82, 2.24) is 15.1 Å². The van der Waals surface area contributed by atoms with Gasteiger partial charge in [-0.1, -0.05) is 25.1 Å². The highest BCUT2D eigenvalue weighted by Crippen LogP contribution is 2.35. The summed E-state index contributed by atoms with van der Waals surface area (Å²) >= 11 is 0. The van der Waals surface area contributed by atoms with Crippen molar-refractivity contribution in [2.75, 3.05) is 14.2 Å². The molecule has 1 unspecified atom stereocenters. The first-order valence-corrected chi connectivity index (χ1v) is 10.2. The van der Waals surface area contributed by atoms with E-state index in [-0.39, 0.29) is 11.9 Å². The minimum Gasteiger partial charge on any atom is -0.497 e. The fourth-order valence-corrected chi connectivity index (χ4v) is 3.23. The number of nitrogens with one attached hydrogen (secondary N) is 1. The number of hydrogen-bond donors (Lipinski definition) is 1. The van der Waals surface area contributed by atoms with Crippen molar-refractivity contribution >= 4 is 5.91 Å². The van der Waals surface area contributed by atoms with Gasteiger partial charge in [0.2, 0.25) is 5.91 Å². The van der Waals surface area contributed by atoms with Crippen molar-refractivity contribution in [3.8, 4) is 28.4 Å². The molecular formula is C24H29N3O3. The first kappa shape index (κ1) is 21.4. The molecule has 0 aliphatic heterocycles. The van der Waals surface area contributed by atoms with Crippen LogP contribution in [0.15, 0.2) is 54.7 Å². The monoisotopic (exact) mass is 407 g/mol. The molecule has 1 heterocycles. The average molecular weight is 408 g/mol. The van der Waals surface area contributed by atoms with E-state index >= 15 is 0 Å². The van der Waals surface area contributed by atoms with Crippen LogP contribution in [0.2, 0.25) is 0 Å². The highest BCUT2D eigenvalue weighted by atomic mass is 16.5. The molecule has 0 spiro atoms. The Morgan fingerprint density at radius 3 is 2.57 bits per heavy atom. The molecule has 0 saturated carbocycles. The van der Waals surface area contributed by atoms with Crippen LogP contribution in [0.25, 0.3) is 16.9 Å². The Kier molecular flexibility index (Phi) is 7.12. The lowest BCUT2D eigenvalue weighted by Crippen LogP contribution is -2.32. The third-order valence-corrected chi connectivity index (χ3v) is 5.11. The summed E-state index contributed by atoms with van der Waals surface area (Å²) in [7, 11) is 3.27. The van der Waals surface area contributed by atoms with Crippen LogP contribution in [0.1, 0.15) is 32.3 Å². The molecule has 30 heavy (non-hydrogen) atoms. The molecule has 158 valence electrons. The van der Waals surface area contributed by atoms with Crippen LogP contribution in [0, 0.1) is 0 Å². The number of carbonyl (C=O) groups excluding carboxylic acids is 1. The van der Waals surface area contributed by atoms with Crippen LogP contribution in [0.5, 0.6) is 11.5 Å². The van der Waals surface area contributed by atoms with Crippen LogP contribution < -0.4 is 14.8 Å². The lowest BCUT2D eigenvalue weighted by atomic mass is 10.0. The zero-order valence-corrected chi connectivity index (χ0v) is 18.0.